The van der Waals surface area contributed by atoms with Gasteiger partial charge in [0, 0.05) is 17.0 Å². The van der Waals surface area contributed by atoms with Crippen molar-refractivity contribution in [2.24, 2.45) is 0 Å². The van der Waals surface area contributed by atoms with Gasteiger partial charge >= 0.3 is 57.1 Å². The zero-order valence-corrected chi connectivity index (χ0v) is 31.0. The second kappa shape index (κ2) is 16.3. The Labute approximate surface area is 325 Å². The van der Waals surface area contributed by atoms with Gasteiger partial charge in [0.1, 0.15) is 11.6 Å². The topological polar surface area (TPSA) is 155 Å². The maximum atomic E-state index is 13.2. The predicted octanol–water partition coefficient (Wildman–Crippen LogP) is 2.60. The Balaban J connectivity index is 0.000000294. The molecule has 2 amide bonds. The third kappa shape index (κ3) is 8.52. The van der Waals surface area contributed by atoms with Gasteiger partial charge in [0.15, 0.2) is 0 Å². The van der Waals surface area contributed by atoms with Crippen LogP contribution in [0.3, 0.4) is 0 Å². The van der Waals surface area contributed by atoms with E-state index in [9.17, 15) is 54.3 Å². The molecule has 0 radical (unpaired) electrons. The van der Waals surface area contributed by atoms with Crippen molar-refractivity contribution in [2.75, 3.05) is 19.1 Å². The number of carbonyl (C=O) groups is 4. The van der Waals surface area contributed by atoms with Crippen LogP contribution in [0.1, 0.15) is 38.1 Å². The number of carbonyl (C=O) groups excluding carboxylic acids is 4. The van der Waals surface area contributed by atoms with Gasteiger partial charge in [-0.3, -0.25) is 14.4 Å². The quantitative estimate of drug-likeness (QED) is 0.0627. The third-order valence-electron chi connectivity index (χ3n) is 7.60. The number of amides is 2. The zero-order chi connectivity index (χ0) is 38.8. The number of fused-ring (bicyclic) bond motifs is 2. The molecule has 0 aliphatic carbocycles. The van der Waals surface area contributed by atoms with Crippen LogP contribution < -0.4 is 44.2 Å². The molecule has 0 saturated heterocycles. The summed E-state index contributed by atoms with van der Waals surface area (Å²) in [6.45, 7) is 0. The number of halogens is 5. The maximum Gasteiger partial charge on any atom is 1.00 e. The van der Waals surface area contributed by atoms with Gasteiger partial charge in [-0.2, -0.15) is 21.6 Å². The van der Waals surface area contributed by atoms with Crippen molar-refractivity contribution in [2.45, 2.75) is 11.9 Å². The molecule has 1 aromatic heterocycles. The third-order valence-corrected chi connectivity index (χ3v) is 8.56. The van der Waals surface area contributed by atoms with Crippen molar-refractivity contribution in [3.05, 3.63) is 135 Å². The number of hydrogen-bond acceptors (Lipinski definition) is 10. The van der Waals surface area contributed by atoms with E-state index in [0.29, 0.717) is 21.4 Å². The normalized spacial score (nSPS) is 12.5. The molecule has 0 unspecified atom stereocenters. The maximum absolute atomic E-state index is 13.2. The van der Waals surface area contributed by atoms with Gasteiger partial charge < -0.3 is 15.1 Å². The zero-order valence-electron chi connectivity index (χ0n) is 29.1. The van der Waals surface area contributed by atoms with Crippen LogP contribution in [0.25, 0.3) is 16.5 Å². The van der Waals surface area contributed by atoms with Gasteiger partial charge in [0.25, 0.3) is 11.5 Å². The van der Waals surface area contributed by atoms with E-state index in [1.165, 1.54) is 61.7 Å². The SMILES string of the molecule is COC(=O)c1ccc2c(=O)n(-c3ccc(F)cc3)c(OS(=O)(=O)C(F)(F)F)cc2c1.COC(=O)c1ccc2c(c1)CC(=O)N(c1ccc(F)cc1)C2=O.[H-].[Na+]. The van der Waals surface area contributed by atoms with Gasteiger partial charge in [0.2, 0.25) is 11.8 Å². The minimum Gasteiger partial charge on any atom is -1.00 e. The van der Waals surface area contributed by atoms with Crippen LogP contribution >= 0.6 is 0 Å². The monoisotopic (exact) mass is 782 g/mol. The fraction of sp³-hybridized carbons (Fsp3) is 0.114. The number of pyridine rings is 1. The Morgan fingerprint density at radius 3 is 1.80 bits per heavy atom. The Bertz CT molecular complexity index is 2460. The van der Waals surface area contributed by atoms with E-state index in [-0.39, 0.29) is 65.0 Å². The van der Waals surface area contributed by atoms with Gasteiger partial charge in [-0.15, -0.1) is 0 Å². The van der Waals surface area contributed by atoms with E-state index in [2.05, 4.69) is 13.7 Å². The number of benzene rings is 4. The van der Waals surface area contributed by atoms with E-state index < -0.39 is 62.5 Å². The number of ether oxygens (including phenoxy) is 2. The smallest absolute Gasteiger partial charge is 1.00 e. The van der Waals surface area contributed by atoms with E-state index in [4.69, 9.17) is 0 Å². The van der Waals surface area contributed by atoms with Crippen LogP contribution in [0.2, 0.25) is 0 Å². The molecule has 0 N–H and O–H groups in total. The number of alkyl halides is 3. The molecular formula is C35H24F5N2NaO10S. The Hall–Kier alpha value is -5.43. The standard InChI is InChI=1S/C18H11F4NO6S.C17H12FNO4.Na.H/c1-28-17(25)10-2-7-14-11(8-10)9-15(29-30(26,27)18(20,21)22)23(16(14)24)13-5-3-12(19)4-6-13;1-23-17(22)10-2-7-14-11(8-10)9-15(20)19(16(14)21)13-5-3-12(18)4-6-13;;/h2-9H,1H3;2-8H,9H2,1H3;;/q;;+1;-1. The molecule has 0 atom stereocenters. The van der Waals surface area contributed by atoms with Crippen molar-refractivity contribution < 1.29 is 94.2 Å². The Morgan fingerprint density at radius 1 is 0.741 bits per heavy atom. The van der Waals surface area contributed by atoms with Crippen molar-refractivity contribution in [1.29, 1.82) is 0 Å². The number of methoxy groups -OCH3 is 2. The molecule has 1 aliphatic rings. The predicted molar refractivity (Wildman–Crippen MR) is 177 cm³/mol. The van der Waals surface area contributed by atoms with Crippen LogP contribution in [0, 0.1) is 11.6 Å². The number of hydrogen-bond donors (Lipinski definition) is 0. The van der Waals surface area contributed by atoms with Gasteiger partial charge in [-0.1, -0.05) is 0 Å². The summed E-state index contributed by atoms with van der Waals surface area (Å²) in [5, 5.41) is -0.141. The molecule has 0 spiro atoms. The Morgan fingerprint density at radius 2 is 1.26 bits per heavy atom. The van der Waals surface area contributed by atoms with E-state index in [0.717, 1.165) is 48.4 Å². The first-order valence-electron chi connectivity index (χ1n) is 14.8. The second-order valence-corrected chi connectivity index (χ2v) is 12.5. The summed E-state index contributed by atoms with van der Waals surface area (Å²) < 4.78 is 102. The summed E-state index contributed by atoms with van der Waals surface area (Å²) in [4.78, 5) is 62.0. The van der Waals surface area contributed by atoms with Gasteiger partial charge in [-0.05, 0) is 95.9 Å². The van der Waals surface area contributed by atoms with Crippen LogP contribution in [-0.4, -0.2) is 56.5 Å². The largest absolute Gasteiger partial charge is 1.00 e. The van der Waals surface area contributed by atoms with Crippen LogP contribution in [-0.2, 0) is 30.8 Å². The first-order valence-corrected chi connectivity index (χ1v) is 16.3. The second-order valence-electron chi connectivity index (χ2n) is 10.9. The van der Waals surface area contributed by atoms with Crippen molar-refractivity contribution >= 4 is 50.3 Å². The Kier molecular flexibility index (Phi) is 12.5. The molecule has 5 aromatic rings. The molecule has 6 rings (SSSR count). The number of anilines is 1. The molecule has 12 nitrogen and oxygen atoms in total. The van der Waals surface area contributed by atoms with Crippen LogP contribution in [0.5, 0.6) is 5.88 Å². The van der Waals surface area contributed by atoms with Gasteiger partial charge in [-0.25, -0.2) is 27.8 Å². The molecule has 0 bridgehead atoms. The molecule has 19 heteroatoms. The van der Waals surface area contributed by atoms with E-state index in [1.807, 2.05) is 0 Å². The first-order chi connectivity index (χ1) is 24.9. The van der Waals surface area contributed by atoms with Crippen molar-refractivity contribution in [3.8, 4) is 11.6 Å². The average molecular weight is 783 g/mol. The van der Waals surface area contributed by atoms with Gasteiger partial charge in [0.05, 0.1) is 43.1 Å². The minimum absolute atomic E-state index is 0. The number of aromatic nitrogens is 1. The molecule has 1 aliphatic heterocycles. The summed E-state index contributed by atoms with van der Waals surface area (Å²) in [7, 11) is -3.77. The average Bonchev–Trinajstić information content (AvgIpc) is 3.11. The van der Waals surface area contributed by atoms with Crippen molar-refractivity contribution in [1.82, 2.24) is 4.57 Å². The molecule has 2 heterocycles. The summed E-state index contributed by atoms with van der Waals surface area (Å²) in [6.07, 6.45) is -0.0245. The van der Waals surface area contributed by atoms with Crippen molar-refractivity contribution in [3.63, 3.8) is 0 Å². The first kappa shape index (κ1) is 41.3. The number of imide groups is 1. The van der Waals surface area contributed by atoms with E-state index >= 15 is 0 Å². The summed E-state index contributed by atoms with van der Waals surface area (Å²) >= 11 is 0. The van der Waals surface area contributed by atoms with E-state index in [1.54, 1.807) is 0 Å². The van der Waals surface area contributed by atoms with Crippen LogP contribution in [0.15, 0.2) is 95.8 Å². The molecule has 276 valence electrons. The molecule has 0 saturated carbocycles. The summed E-state index contributed by atoms with van der Waals surface area (Å²) in [5.74, 6) is -4.40. The minimum atomic E-state index is -6.13. The number of rotatable bonds is 6. The fourth-order valence-corrected chi connectivity index (χ4v) is 5.56. The molecule has 4 aromatic carbocycles. The summed E-state index contributed by atoms with van der Waals surface area (Å²) in [5.41, 5.74) is -5.50. The molecule has 0 fully saturated rings. The van der Waals surface area contributed by atoms with Crippen LogP contribution in [0.4, 0.5) is 27.6 Å². The molecule has 54 heavy (non-hydrogen) atoms. The molecular weight excluding hydrogens is 758 g/mol. The summed E-state index contributed by atoms with van der Waals surface area (Å²) in [6, 6.07) is 18.0. The number of esters is 2. The number of nitrogens with zero attached hydrogens (tertiary/aromatic N) is 2. The fourth-order valence-electron chi connectivity index (χ4n) is 5.12.